The van der Waals surface area contributed by atoms with Crippen LogP contribution in [0.5, 0.6) is 0 Å². The van der Waals surface area contributed by atoms with Gasteiger partial charge in [0, 0.05) is 0 Å². The lowest BCUT2D eigenvalue weighted by Crippen LogP contribution is -2.00. The van der Waals surface area contributed by atoms with Crippen LogP contribution in [-0.4, -0.2) is 0 Å². The molecule has 0 spiro atoms. The maximum absolute atomic E-state index is 3.84. The quantitative estimate of drug-likeness (QED) is 0.269. The molecule has 2 unspecified atom stereocenters. The van der Waals surface area contributed by atoms with E-state index in [0.29, 0.717) is 11.8 Å². The van der Waals surface area contributed by atoms with Crippen molar-refractivity contribution in [3.05, 3.63) is 49.1 Å². The minimum absolute atomic E-state index is 0.646. The fourth-order valence-electron chi connectivity index (χ4n) is 2.54. The van der Waals surface area contributed by atoms with E-state index in [2.05, 4.69) is 52.2 Å². The first kappa shape index (κ1) is 19.0. The first-order chi connectivity index (χ1) is 9.63. The van der Waals surface area contributed by atoms with Gasteiger partial charge in [0.25, 0.3) is 0 Å². The predicted octanol–water partition coefficient (Wildman–Crippen LogP) is 6.86. The second-order valence-electron chi connectivity index (χ2n) is 5.93. The van der Waals surface area contributed by atoms with Crippen LogP contribution in [-0.2, 0) is 0 Å². The van der Waals surface area contributed by atoms with Gasteiger partial charge < -0.3 is 0 Å². The number of hydrogen-bond donors (Lipinski definition) is 0. The van der Waals surface area contributed by atoms with Crippen LogP contribution in [0, 0.1) is 11.8 Å². The van der Waals surface area contributed by atoms with Crippen molar-refractivity contribution < 1.29 is 0 Å². The highest BCUT2D eigenvalue weighted by molar-refractivity contribution is 5.06. The molecule has 2 atom stereocenters. The molecule has 0 N–H and O–H groups in total. The Bertz CT molecular complexity index is 306. The first-order valence-electron chi connectivity index (χ1n) is 8.20. The highest BCUT2D eigenvalue weighted by Crippen LogP contribution is 2.23. The molecular formula is C20H34. The van der Waals surface area contributed by atoms with Gasteiger partial charge in [0.15, 0.2) is 0 Å². The number of allylic oxidation sites excluding steroid dienone is 6. The molecule has 0 rings (SSSR count). The Morgan fingerprint density at radius 3 is 2.40 bits per heavy atom. The smallest absolute Gasteiger partial charge is 0.0225 e. The maximum atomic E-state index is 3.84. The summed E-state index contributed by atoms with van der Waals surface area (Å²) in [5, 5.41) is 0. The average Bonchev–Trinajstić information content (AvgIpc) is 2.39. The summed E-state index contributed by atoms with van der Waals surface area (Å²) >= 11 is 0. The van der Waals surface area contributed by atoms with Gasteiger partial charge in [0.1, 0.15) is 0 Å². The summed E-state index contributed by atoms with van der Waals surface area (Å²) in [7, 11) is 0. The average molecular weight is 274 g/mol. The van der Waals surface area contributed by atoms with Crippen molar-refractivity contribution in [2.24, 2.45) is 11.8 Å². The zero-order valence-electron chi connectivity index (χ0n) is 13.9. The highest BCUT2D eigenvalue weighted by Gasteiger charge is 2.07. The largest absolute Gasteiger partial charge is 0.103 e. The zero-order chi connectivity index (χ0) is 15.2. The third-order valence-corrected chi connectivity index (χ3v) is 3.50. The van der Waals surface area contributed by atoms with Crippen LogP contribution in [0.1, 0.15) is 65.7 Å². The lowest BCUT2D eigenvalue weighted by molar-refractivity contribution is 0.555. The molecule has 0 saturated carbocycles. The number of rotatable bonds is 12. The molecule has 0 aromatic rings. The molecule has 0 heterocycles. The van der Waals surface area contributed by atoms with Gasteiger partial charge in [-0.15, -0.1) is 13.2 Å². The minimum atomic E-state index is 0.646. The van der Waals surface area contributed by atoms with E-state index < -0.39 is 0 Å². The van der Waals surface area contributed by atoms with E-state index in [4.69, 9.17) is 0 Å². The molecule has 0 bridgehead atoms. The zero-order valence-corrected chi connectivity index (χ0v) is 13.9. The normalized spacial score (nSPS) is 15.2. The Balaban J connectivity index is 4.19. The Hall–Kier alpha value is -1.04. The standard InChI is InChI=1S/C20H34/c1-6-9-10-11-12-15-19(5)17-20(14-8-3)16-18(4)13-7-2/h6-7,12,14-15,18-19H,1-2,8-11,13,16-17H2,3-5H3. The Labute approximate surface area is 127 Å². The molecule has 0 radical (unpaired) electrons. The molecule has 0 amide bonds. The van der Waals surface area contributed by atoms with Crippen LogP contribution in [0.25, 0.3) is 0 Å². The van der Waals surface area contributed by atoms with E-state index in [1.54, 1.807) is 5.57 Å². The van der Waals surface area contributed by atoms with Crippen LogP contribution >= 0.6 is 0 Å². The van der Waals surface area contributed by atoms with Gasteiger partial charge in [0.2, 0.25) is 0 Å². The molecule has 0 aliphatic rings. The van der Waals surface area contributed by atoms with Crippen LogP contribution < -0.4 is 0 Å². The van der Waals surface area contributed by atoms with Crippen molar-refractivity contribution in [2.45, 2.75) is 65.7 Å². The predicted molar refractivity (Wildman–Crippen MR) is 93.9 cm³/mol. The van der Waals surface area contributed by atoms with E-state index in [1.807, 2.05) is 12.2 Å². The molecule has 0 saturated heterocycles. The molecule has 114 valence electrons. The Kier molecular flexibility index (Phi) is 12.3. The number of unbranched alkanes of at least 4 members (excludes halogenated alkanes) is 2. The lowest BCUT2D eigenvalue weighted by Gasteiger charge is -2.15. The molecule has 20 heavy (non-hydrogen) atoms. The van der Waals surface area contributed by atoms with Crippen molar-refractivity contribution in [1.29, 1.82) is 0 Å². The van der Waals surface area contributed by atoms with Gasteiger partial charge >= 0.3 is 0 Å². The molecule has 0 aliphatic heterocycles. The minimum Gasteiger partial charge on any atom is -0.103 e. The van der Waals surface area contributed by atoms with Crippen molar-refractivity contribution in [2.75, 3.05) is 0 Å². The summed E-state index contributed by atoms with van der Waals surface area (Å²) in [6, 6.07) is 0. The molecule has 0 heteroatoms. The van der Waals surface area contributed by atoms with Gasteiger partial charge in [-0.1, -0.05) is 56.7 Å². The van der Waals surface area contributed by atoms with Crippen molar-refractivity contribution >= 4 is 0 Å². The van der Waals surface area contributed by atoms with Gasteiger partial charge in [0.05, 0.1) is 0 Å². The van der Waals surface area contributed by atoms with Gasteiger partial charge in [-0.3, -0.25) is 0 Å². The third-order valence-electron chi connectivity index (χ3n) is 3.50. The van der Waals surface area contributed by atoms with Gasteiger partial charge in [-0.25, -0.2) is 0 Å². The summed E-state index contributed by atoms with van der Waals surface area (Å²) in [6.07, 6.45) is 19.4. The van der Waals surface area contributed by atoms with Crippen LogP contribution in [0.4, 0.5) is 0 Å². The summed E-state index contributed by atoms with van der Waals surface area (Å²) < 4.78 is 0. The highest BCUT2D eigenvalue weighted by atomic mass is 14.1. The van der Waals surface area contributed by atoms with Gasteiger partial charge in [-0.05, 0) is 56.8 Å². The third kappa shape index (κ3) is 10.8. The summed E-state index contributed by atoms with van der Waals surface area (Å²) in [6.45, 7) is 14.5. The topological polar surface area (TPSA) is 0 Å². The van der Waals surface area contributed by atoms with E-state index in [-0.39, 0.29) is 0 Å². The fourth-order valence-corrected chi connectivity index (χ4v) is 2.54. The summed E-state index contributed by atoms with van der Waals surface area (Å²) in [4.78, 5) is 0. The Morgan fingerprint density at radius 1 is 1.05 bits per heavy atom. The number of hydrogen-bond acceptors (Lipinski definition) is 0. The SMILES string of the molecule is C=CCCCC=CC(C)CC(=CCC)CC(C)CC=C. The van der Waals surface area contributed by atoms with Crippen molar-refractivity contribution in [3.63, 3.8) is 0 Å². The second-order valence-corrected chi connectivity index (χ2v) is 5.93. The van der Waals surface area contributed by atoms with Crippen LogP contribution in [0.2, 0.25) is 0 Å². The molecular weight excluding hydrogens is 240 g/mol. The monoisotopic (exact) mass is 274 g/mol. The van der Waals surface area contributed by atoms with E-state index in [0.717, 1.165) is 19.3 Å². The fraction of sp³-hybridized carbons (Fsp3) is 0.600. The van der Waals surface area contributed by atoms with Gasteiger partial charge in [-0.2, -0.15) is 0 Å². The van der Waals surface area contributed by atoms with Crippen LogP contribution in [0.15, 0.2) is 49.1 Å². The molecule has 0 fully saturated rings. The molecule has 0 aliphatic carbocycles. The second kappa shape index (κ2) is 13.0. The van der Waals surface area contributed by atoms with E-state index >= 15 is 0 Å². The first-order valence-corrected chi connectivity index (χ1v) is 8.20. The van der Waals surface area contributed by atoms with Crippen molar-refractivity contribution in [1.82, 2.24) is 0 Å². The molecule has 0 aromatic carbocycles. The molecule has 0 nitrogen and oxygen atoms in total. The lowest BCUT2D eigenvalue weighted by atomic mass is 9.91. The maximum Gasteiger partial charge on any atom is -0.0225 e. The summed E-state index contributed by atoms with van der Waals surface area (Å²) in [5.74, 6) is 1.36. The van der Waals surface area contributed by atoms with Crippen LogP contribution in [0.3, 0.4) is 0 Å². The molecule has 0 aromatic heterocycles. The summed E-state index contributed by atoms with van der Waals surface area (Å²) in [5.41, 5.74) is 1.62. The Morgan fingerprint density at radius 2 is 1.80 bits per heavy atom. The van der Waals surface area contributed by atoms with E-state index in [1.165, 1.54) is 25.7 Å². The van der Waals surface area contributed by atoms with Crippen molar-refractivity contribution in [3.8, 4) is 0 Å². The van der Waals surface area contributed by atoms with E-state index in [9.17, 15) is 0 Å².